The molecule has 0 radical (unpaired) electrons. The van der Waals surface area contributed by atoms with Crippen molar-refractivity contribution in [2.24, 2.45) is 16.2 Å². The molecular formula is C75H98BN3O. The highest BCUT2D eigenvalue weighted by atomic mass is 16.4. The molecule has 3 aliphatic heterocycles. The molecule has 3 atom stereocenters. The fourth-order valence-electron chi connectivity index (χ4n) is 18.1. The molecule has 1 saturated carbocycles. The summed E-state index contributed by atoms with van der Waals surface area (Å²) >= 11 is 0. The molecule has 0 bridgehead atoms. The molecule has 4 aromatic rings. The van der Waals surface area contributed by atoms with Gasteiger partial charge in [0.15, 0.2) is 5.88 Å². The fraction of sp³-hybridized carbons (Fsp3) is 0.573. The molecule has 0 saturated heterocycles. The molecule has 6 aliphatic carbocycles. The zero-order valence-corrected chi connectivity index (χ0v) is 53.0. The van der Waals surface area contributed by atoms with E-state index >= 15 is 0 Å². The number of benzene rings is 3. The fourth-order valence-corrected chi connectivity index (χ4v) is 18.1. The minimum atomic E-state index is -0.208. The van der Waals surface area contributed by atoms with E-state index in [1.54, 1.807) is 11.1 Å². The van der Waals surface area contributed by atoms with Crippen molar-refractivity contribution < 1.29 is 4.42 Å². The van der Waals surface area contributed by atoms with Crippen molar-refractivity contribution in [1.29, 1.82) is 0 Å². The van der Waals surface area contributed by atoms with E-state index in [2.05, 4.69) is 218 Å². The third-order valence-electron chi connectivity index (χ3n) is 24.2. The quantitative estimate of drug-likeness (QED) is 0.168. The first kappa shape index (κ1) is 54.4. The molecule has 80 heavy (non-hydrogen) atoms. The van der Waals surface area contributed by atoms with Gasteiger partial charge in [0, 0.05) is 45.1 Å². The molecule has 4 nitrogen and oxygen atoms in total. The van der Waals surface area contributed by atoms with Crippen LogP contribution in [-0.4, -0.2) is 18.3 Å². The second kappa shape index (κ2) is 17.1. The molecule has 1 aromatic heterocycles. The number of rotatable bonds is 3. The topological polar surface area (TPSA) is 22.9 Å². The summed E-state index contributed by atoms with van der Waals surface area (Å²) in [6.45, 7) is 50.4. The van der Waals surface area contributed by atoms with E-state index in [1.807, 2.05) is 0 Å². The third-order valence-corrected chi connectivity index (χ3v) is 24.2. The summed E-state index contributed by atoms with van der Waals surface area (Å²) in [6, 6.07) is 18.6. The van der Waals surface area contributed by atoms with Gasteiger partial charge in [-0.05, 0) is 213 Å². The van der Waals surface area contributed by atoms with E-state index in [0.717, 1.165) is 50.1 Å². The molecule has 3 unspecified atom stereocenters. The summed E-state index contributed by atoms with van der Waals surface area (Å²) in [5, 5.41) is 0. The van der Waals surface area contributed by atoms with Gasteiger partial charge in [0.1, 0.15) is 5.76 Å². The van der Waals surface area contributed by atoms with Gasteiger partial charge in [-0.1, -0.05) is 185 Å². The van der Waals surface area contributed by atoms with E-state index in [1.165, 1.54) is 130 Å². The smallest absolute Gasteiger partial charge is 0.256 e. The van der Waals surface area contributed by atoms with E-state index in [0.29, 0.717) is 0 Å². The molecule has 4 heterocycles. The minimum Gasteiger partial charge on any atom is -0.445 e. The van der Waals surface area contributed by atoms with Crippen molar-refractivity contribution in [2.45, 2.75) is 259 Å². The van der Waals surface area contributed by atoms with Gasteiger partial charge in [-0.15, -0.1) is 0 Å². The van der Waals surface area contributed by atoms with Gasteiger partial charge in [-0.2, -0.15) is 0 Å². The van der Waals surface area contributed by atoms with Gasteiger partial charge in [0.25, 0.3) is 6.71 Å². The molecule has 0 spiro atoms. The monoisotopic (exact) mass is 1070 g/mol. The van der Waals surface area contributed by atoms with Crippen molar-refractivity contribution in [3.63, 3.8) is 0 Å². The first-order valence-electron chi connectivity index (χ1n) is 31.8. The zero-order valence-electron chi connectivity index (χ0n) is 53.0. The Morgan fingerprint density at radius 2 is 1.11 bits per heavy atom. The zero-order chi connectivity index (χ0) is 57.1. The number of fused-ring (bicyclic) bond motifs is 9. The summed E-state index contributed by atoms with van der Waals surface area (Å²) in [4.78, 5) is 8.35. The van der Waals surface area contributed by atoms with Crippen molar-refractivity contribution in [2.75, 3.05) is 14.7 Å². The summed E-state index contributed by atoms with van der Waals surface area (Å²) in [5.41, 5.74) is 22.5. The summed E-state index contributed by atoms with van der Waals surface area (Å²) in [5.74, 6) is 2.29. The Kier molecular flexibility index (Phi) is 11.6. The van der Waals surface area contributed by atoms with Crippen LogP contribution in [0.25, 0.3) is 0 Å². The standard InChI is InChI=1S/C75H98BN3O/c1-47-25-21-20-22-30-74(18)31-23-24-32-75(74,19)79(47)50-43-59-62-60(44-50)78(49-27-29-52-54(42-49)69(8,9)36-34-67(52,4)5)65-63(61-64(80-65)73(16,17)40-39-72(61,14)15)76(62)57-45-55-56(71(12,13)38-37-70(55,10)11)46-58(57)77(59)48-26-28-51-53(41-48)68(6,7)35-33-66(51,2)3/h20-22,25-29,41,43-46,49H,1,23-24,30-40,42H2,2-19H3/b22-20-,25-21-. The van der Waals surface area contributed by atoms with E-state index < -0.39 is 0 Å². The van der Waals surface area contributed by atoms with Gasteiger partial charge in [-0.3, -0.25) is 0 Å². The Bertz CT molecular complexity index is 3440. The highest BCUT2D eigenvalue weighted by Crippen LogP contribution is 2.60. The van der Waals surface area contributed by atoms with Crippen LogP contribution in [0.4, 0.5) is 34.3 Å². The summed E-state index contributed by atoms with van der Waals surface area (Å²) in [7, 11) is 0. The molecule has 9 aliphatic rings. The maximum Gasteiger partial charge on any atom is 0.256 e. The Hall–Kier alpha value is -4.90. The first-order valence-corrected chi connectivity index (χ1v) is 31.8. The number of hydrogen-bond donors (Lipinski definition) is 0. The maximum absolute atomic E-state index is 8.04. The van der Waals surface area contributed by atoms with Crippen LogP contribution in [0.15, 0.2) is 107 Å². The van der Waals surface area contributed by atoms with Crippen LogP contribution < -0.4 is 31.1 Å². The highest BCUT2D eigenvalue weighted by molar-refractivity contribution is 7.00. The number of anilines is 6. The van der Waals surface area contributed by atoms with Gasteiger partial charge in [0.2, 0.25) is 0 Å². The van der Waals surface area contributed by atoms with E-state index in [-0.39, 0.29) is 67.0 Å². The van der Waals surface area contributed by atoms with Crippen molar-refractivity contribution in [3.05, 3.63) is 136 Å². The Labute approximate surface area is 484 Å². The molecule has 0 N–H and O–H groups in total. The predicted molar refractivity (Wildman–Crippen MR) is 343 cm³/mol. The second-order valence-corrected chi connectivity index (χ2v) is 33.2. The lowest BCUT2D eigenvalue weighted by Crippen LogP contribution is -2.64. The summed E-state index contributed by atoms with van der Waals surface area (Å²) in [6.07, 6.45) is 30.5. The Morgan fingerprint density at radius 3 is 1.81 bits per heavy atom. The molecule has 3 aromatic carbocycles. The normalized spacial score (nSPS) is 30.0. The molecular weight excluding hydrogens is 970 g/mol. The average Bonchev–Trinajstić information content (AvgIpc) is 3.06. The van der Waals surface area contributed by atoms with E-state index in [9.17, 15) is 0 Å². The van der Waals surface area contributed by atoms with Crippen LogP contribution in [0.3, 0.4) is 0 Å². The van der Waals surface area contributed by atoms with Crippen LogP contribution >= 0.6 is 0 Å². The van der Waals surface area contributed by atoms with Crippen LogP contribution in [0.2, 0.25) is 0 Å². The highest BCUT2D eigenvalue weighted by Gasteiger charge is 2.57. The van der Waals surface area contributed by atoms with Gasteiger partial charge >= 0.3 is 0 Å². The van der Waals surface area contributed by atoms with Crippen LogP contribution in [-0.2, 0) is 32.5 Å². The number of allylic oxidation sites excluding steroid dienone is 6. The minimum absolute atomic E-state index is 0.0135. The number of nitrogens with zero attached hydrogens (tertiary/aromatic N) is 3. The molecule has 0 amide bonds. The lowest BCUT2D eigenvalue weighted by molar-refractivity contribution is 0.0949. The van der Waals surface area contributed by atoms with Crippen molar-refractivity contribution in [1.82, 2.24) is 0 Å². The van der Waals surface area contributed by atoms with Gasteiger partial charge in [-0.25, -0.2) is 0 Å². The van der Waals surface area contributed by atoms with E-state index in [4.69, 9.17) is 11.0 Å². The maximum atomic E-state index is 8.04. The lowest BCUT2D eigenvalue weighted by atomic mass is 9.32. The number of hydrogen-bond acceptors (Lipinski definition) is 4. The molecule has 422 valence electrons. The van der Waals surface area contributed by atoms with Crippen LogP contribution in [0, 0.1) is 16.2 Å². The molecule has 1 fully saturated rings. The largest absolute Gasteiger partial charge is 0.445 e. The van der Waals surface area contributed by atoms with Crippen LogP contribution in [0.1, 0.15) is 248 Å². The molecule has 13 rings (SSSR count). The number of furan rings is 1. The van der Waals surface area contributed by atoms with Crippen molar-refractivity contribution >= 4 is 57.4 Å². The molecule has 5 heteroatoms. The van der Waals surface area contributed by atoms with Gasteiger partial charge in [0.05, 0.1) is 6.04 Å². The van der Waals surface area contributed by atoms with Crippen LogP contribution in [0.5, 0.6) is 0 Å². The van der Waals surface area contributed by atoms with Crippen molar-refractivity contribution in [3.8, 4) is 0 Å². The average molecular weight is 1070 g/mol. The SMILES string of the molecule is C=C1/C=C\C=C/CC2(C)CCCCC2(C)N1c1cc2c3c(c1)N(C1C=CC4=C(C1)C(C)(C)CCC4(C)C)c1oc4c(c1B3c1cc3c(cc1N2c1ccc2c(c1)C(C)(C)CCC2(C)C)C(C)(C)CCC3(C)C)C(C)(C)CCC4(C)C. The third kappa shape index (κ3) is 7.70. The Balaban J connectivity index is 1.19. The first-order chi connectivity index (χ1) is 37.2. The summed E-state index contributed by atoms with van der Waals surface area (Å²) < 4.78 is 8.04. The second-order valence-electron chi connectivity index (χ2n) is 33.2. The van der Waals surface area contributed by atoms with Gasteiger partial charge < -0.3 is 19.1 Å². The lowest BCUT2D eigenvalue weighted by Gasteiger charge is -2.57. The predicted octanol–water partition coefficient (Wildman–Crippen LogP) is 18.7. The Morgan fingerprint density at radius 1 is 0.525 bits per heavy atom.